The van der Waals surface area contributed by atoms with Gasteiger partial charge in [0.25, 0.3) is 10.0 Å². The first-order valence-corrected chi connectivity index (χ1v) is 14.2. The highest BCUT2D eigenvalue weighted by molar-refractivity contribution is 8.00. The number of para-hydroxylation sites is 1. The first kappa shape index (κ1) is 24.3. The van der Waals surface area contributed by atoms with Gasteiger partial charge in [0.1, 0.15) is 9.96 Å². The summed E-state index contributed by atoms with van der Waals surface area (Å²) < 4.78 is 32.9. The molecule has 0 aliphatic carbocycles. The van der Waals surface area contributed by atoms with Crippen LogP contribution in [-0.4, -0.2) is 31.7 Å². The summed E-state index contributed by atoms with van der Waals surface area (Å²) in [6.45, 7) is 1.81. The van der Waals surface area contributed by atoms with Crippen molar-refractivity contribution in [3.63, 3.8) is 0 Å². The molecule has 0 aliphatic rings. The van der Waals surface area contributed by atoms with E-state index in [0.29, 0.717) is 10.8 Å². The summed E-state index contributed by atoms with van der Waals surface area (Å²) >= 11 is 3.88. The highest BCUT2D eigenvalue weighted by atomic mass is 32.2. The quantitative estimate of drug-likeness (QED) is 0.265. The van der Waals surface area contributed by atoms with E-state index >= 15 is 0 Å². The zero-order valence-electron chi connectivity index (χ0n) is 18.2. The molecule has 7 nitrogen and oxygen atoms in total. The lowest BCUT2D eigenvalue weighted by Crippen LogP contribution is -2.22. The number of carbonyl (C=O) groups is 1. The first-order valence-electron chi connectivity index (χ1n) is 10.1. The summed E-state index contributed by atoms with van der Waals surface area (Å²) in [5.41, 5.74) is 2.05. The minimum Gasteiger partial charge on any atom is -0.496 e. The number of benzene rings is 2. The SMILES string of the molecule is COc1ccccc1-c1csc(NC(=O)C(C)Sc2ccc(NS(=O)(=O)c3cccs3)cc2)n1. The number of nitrogens with zero attached hydrogens (tertiary/aromatic N) is 1. The Morgan fingerprint density at radius 2 is 1.82 bits per heavy atom. The van der Waals surface area contributed by atoms with Crippen molar-refractivity contribution >= 4 is 61.2 Å². The zero-order chi connectivity index (χ0) is 24.1. The van der Waals surface area contributed by atoms with Gasteiger partial charge in [-0.25, -0.2) is 13.4 Å². The Labute approximate surface area is 210 Å². The van der Waals surface area contributed by atoms with Crippen molar-refractivity contribution < 1.29 is 17.9 Å². The molecule has 4 rings (SSSR count). The molecule has 34 heavy (non-hydrogen) atoms. The Balaban J connectivity index is 1.35. The van der Waals surface area contributed by atoms with E-state index in [1.165, 1.54) is 23.1 Å². The third-order valence-electron chi connectivity index (χ3n) is 4.67. The highest BCUT2D eigenvalue weighted by Gasteiger charge is 2.18. The second kappa shape index (κ2) is 10.6. The van der Waals surface area contributed by atoms with Gasteiger partial charge in [-0.1, -0.05) is 18.2 Å². The van der Waals surface area contributed by atoms with E-state index in [2.05, 4.69) is 15.0 Å². The number of carbonyl (C=O) groups excluding carboxylic acids is 1. The molecular weight excluding hydrogens is 511 g/mol. The minimum atomic E-state index is -3.59. The predicted octanol–water partition coefficient (Wildman–Crippen LogP) is 5.80. The monoisotopic (exact) mass is 531 g/mol. The Hall–Kier alpha value is -2.86. The summed E-state index contributed by atoms with van der Waals surface area (Å²) in [6, 6.07) is 17.8. The molecule has 0 saturated carbocycles. The van der Waals surface area contributed by atoms with Crippen LogP contribution in [0.15, 0.2) is 80.5 Å². The molecule has 4 aromatic rings. The Morgan fingerprint density at radius 3 is 2.53 bits per heavy atom. The van der Waals surface area contributed by atoms with Gasteiger partial charge in [0.15, 0.2) is 5.13 Å². The van der Waals surface area contributed by atoms with Gasteiger partial charge in [0, 0.05) is 21.5 Å². The lowest BCUT2D eigenvalue weighted by molar-refractivity contribution is -0.115. The van der Waals surface area contributed by atoms with E-state index in [9.17, 15) is 13.2 Å². The maximum absolute atomic E-state index is 12.7. The third-order valence-corrected chi connectivity index (χ3v) is 9.31. The van der Waals surface area contributed by atoms with Crippen molar-refractivity contribution in [1.29, 1.82) is 0 Å². The Morgan fingerprint density at radius 1 is 1.06 bits per heavy atom. The smallest absolute Gasteiger partial charge is 0.271 e. The fourth-order valence-electron chi connectivity index (χ4n) is 3.00. The average Bonchev–Trinajstić information content (AvgIpc) is 3.53. The molecule has 1 amide bonds. The molecule has 1 atom stereocenters. The van der Waals surface area contributed by atoms with Crippen LogP contribution in [0.2, 0.25) is 0 Å². The van der Waals surface area contributed by atoms with Crippen LogP contribution in [0.1, 0.15) is 6.92 Å². The van der Waals surface area contributed by atoms with E-state index in [1.54, 1.807) is 48.9 Å². The number of thioether (sulfide) groups is 1. The molecule has 0 radical (unpaired) electrons. The molecule has 11 heteroatoms. The maximum atomic E-state index is 12.7. The number of aromatic nitrogens is 1. The number of thiazole rings is 1. The van der Waals surface area contributed by atoms with Crippen LogP contribution in [0, 0.1) is 0 Å². The summed E-state index contributed by atoms with van der Waals surface area (Å²) in [7, 11) is -1.98. The van der Waals surface area contributed by atoms with Gasteiger partial charge in [-0.15, -0.1) is 34.4 Å². The van der Waals surface area contributed by atoms with E-state index in [4.69, 9.17) is 4.74 Å². The molecule has 0 bridgehead atoms. The first-order chi connectivity index (χ1) is 16.4. The van der Waals surface area contributed by atoms with Gasteiger partial charge in [0.05, 0.1) is 18.1 Å². The molecule has 0 aliphatic heterocycles. The number of methoxy groups -OCH3 is 1. The van der Waals surface area contributed by atoms with Crippen LogP contribution >= 0.6 is 34.4 Å². The molecule has 0 spiro atoms. The van der Waals surface area contributed by atoms with Crippen LogP contribution in [0.5, 0.6) is 5.75 Å². The number of thiophene rings is 1. The fourth-order valence-corrected chi connectivity index (χ4v) is 6.63. The maximum Gasteiger partial charge on any atom is 0.271 e. The van der Waals surface area contributed by atoms with Crippen LogP contribution in [-0.2, 0) is 14.8 Å². The summed E-state index contributed by atoms with van der Waals surface area (Å²) in [5.74, 6) is 0.545. The number of nitrogens with one attached hydrogen (secondary N) is 2. The lowest BCUT2D eigenvalue weighted by atomic mass is 10.1. The number of rotatable bonds is 9. The zero-order valence-corrected chi connectivity index (χ0v) is 21.5. The van der Waals surface area contributed by atoms with Gasteiger partial charge in [-0.05, 0) is 54.8 Å². The van der Waals surface area contributed by atoms with Crippen molar-refractivity contribution in [1.82, 2.24) is 4.98 Å². The van der Waals surface area contributed by atoms with Crippen LogP contribution in [0.25, 0.3) is 11.3 Å². The van der Waals surface area contributed by atoms with Crippen molar-refractivity contribution in [2.75, 3.05) is 17.1 Å². The molecule has 2 N–H and O–H groups in total. The van der Waals surface area contributed by atoms with Crippen LogP contribution in [0.3, 0.4) is 0 Å². The fraction of sp³-hybridized carbons (Fsp3) is 0.130. The standard InChI is InChI=1S/C23H21N3O4S4/c1-15(22(27)25-23-24-19(14-32-23)18-6-3-4-7-20(18)30-2)33-17-11-9-16(10-12-17)26-34(28,29)21-8-5-13-31-21/h3-15,26H,1-2H3,(H,24,25,27). The molecule has 2 aromatic carbocycles. The lowest BCUT2D eigenvalue weighted by Gasteiger charge is -2.11. The molecule has 2 aromatic heterocycles. The molecule has 1 unspecified atom stereocenters. The van der Waals surface area contributed by atoms with Gasteiger partial charge in [-0.2, -0.15) is 0 Å². The molecule has 176 valence electrons. The van der Waals surface area contributed by atoms with Crippen molar-refractivity contribution in [3.8, 4) is 17.0 Å². The second-order valence-corrected chi connectivity index (χ2v) is 12.2. The Bertz CT molecular complexity index is 1370. The number of amides is 1. The summed E-state index contributed by atoms with van der Waals surface area (Å²) in [6.07, 6.45) is 0. The number of ether oxygens (including phenoxy) is 1. The number of hydrogen-bond acceptors (Lipinski definition) is 8. The number of hydrogen-bond donors (Lipinski definition) is 2. The van der Waals surface area contributed by atoms with E-state index in [-0.39, 0.29) is 15.4 Å². The van der Waals surface area contributed by atoms with Gasteiger partial charge >= 0.3 is 0 Å². The van der Waals surface area contributed by atoms with Crippen molar-refractivity contribution in [2.45, 2.75) is 21.3 Å². The van der Waals surface area contributed by atoms with Gasteiger partial charge in [0.2, 0.25) is 5.91 Å². The molecular formula is C23H21N3O4S4. The largest absolute Gasteiger partial charge is 0.496 e. The van der Waals surface area contributed by atoms with Gasteiger partial charge < -0.3 is 10.1 Å². The molecule has 2 heterocycles. The average molecular weight is 532 g/mol. The van der Waals surface area contributed by atoms with Gasteiger partial charge in [-0.3, -0.25) is 9.52 Å². The topological polar surface area (TPSA) is 97.4 Å². The third kappa shape index (κ3) is 5.79. The van der Waals surface area contributed by atoms with Crippen molar-refractivity contribution in [3.05, 3.63) is 71.4 Å². The summed E-state index contributed by atoms with van der Waals surface area (Å²) in [5, 5.41) is 6.58. The Kier molecular flexibility index (Phi) is 7.57. The molecule has 0 saturated heterocycles. The number of sulfonamides is 1. The molecule has 0 fully saturated rings. The van der Waals surface area contributed by atoms with Crippen LogP contribution < -0.4 is 14.8 Å². The predicted molar refractivity (Wildman–Crippen MR) is 140 cm³/mol. The summed E-state index contributed by atoms with van der Waals surface area (Å²) in [4.78, 5) is 18.1. The van der Waals surface area contributed by atoms with E-state index < -0.39 is 10.0 Å². The highest BCUT2D eigenvalue weighted by Crippen LogP contribution is 2.32. The number of anilines is 2. The second-order valence-electron chi connectivity index (χ2n) is 7.05. The van der Waals surface area contributed by atoms with Crippen molar-refractivity contribution in [2.24, 2.45) is 0 Å². The van der Waals surface area contributed by atoms with E-state index in [1.807, 2.05) is 36.6 Å². The van der Waals surface area contributed by atoms with E-state index in [0.717, 1.165) is 33.2 Å². The van der Waals surface area contributed by atoms with Crippen LogP contribution in [0.4, 0.5) is 10.8 Å². The minimum absolute atomic E-state index is 0.173. The normalized spacial score (nSPS) is 12.2.